The number of hydrogen-bond donors (Lipinski definition) is 1. The molecule has 0 aromatic rings. The van der Waals surface area contributed by atoms with Gasteiger partial charge in [-0.3, -0.25) is 4.99 Å². The zero-order valence-electron chi connectivity index (χ0n) is 16.8. The third kappa shape index (κ3) is 8.75. The molecule has 1 fully saturated rings. The Morgan fingerprint density at radius 3 is 2.22 bits per heavy atom. The highest BCUT2D eigenvalue weighted by Gasteiger charge is 2.28. The summed E-state index contributed by atoms with van der Waals surface area (Å²) in [6.45, 7) is 10.1. The van der Waals surface area contributed by atoms with Crippen LogP contribution in [0.5, 0.6) is 0 Å². The Hall–Kier alpha value is -0.910. The van der Waals surface area contributed by atoms with Crippen molar-refractivity contribution >= 4 is 25.8 Å². The normalized spacial score (nSPS) is 17.5. The van der Waals surface area contributed by atoms with Gasteiger partial charge in [0.15, 0.2) is 15.8 Å². The molecule has 0 amide bonds. The zero-order chi connectivity index (χ0) is 20.5. The number of guanidine groups is 1. The van der Waals surface area contributed by atoms with Crippen LogP contribution in [0.25, 0.3) is 0 Å². The number of rotatable bonds is 10. The lowest BCUT2D eigenvalue weighted by atomic mass is 10.4. The molecule has 0 saturated carbocycles. The first-order valence-corrected chi connectivity index (χ1v) is 12.9. The Kier molecular flexibility index (Phi) is 9.99. The smallest absolute Gasteiger partial charge is 0.216 e. The van der Waals surface area contributed by atoms with Crippen LogP contribution < -0.4 is 5.32 Å². The van der Waals surface area contributed by atoms with Gasteiger partial charge in [-0.2, -0.15) is 4.31 Å². The number of hydrogen-bond acceptors (Lipinski definition) is 6. The van der Waals surface area contributed by atoms with Crippen LogP contribution in [0.2, 0.25) is 0 Å². The molecule has 1 aliphatic rings. The molecule has 1 heterocycles. The lowest BCUT2D eigenvalue weighted by molar-refractivity contribution is 0.0904. The molecule has 1 rings (SSSR count). The first kappa shape index (κ1) is 24.1. The maximum Gasteiger partial charge on any atom is 0.216 e. The molecule has 1 saturated heterocycles. The Balaban J connectivity index is 2.60. The minimum atomic E-state index is -3.34. The minimum Gasteiger partial charge on any atom is -0.378 e. The molecule has 0 aromatic carbocycles. The largest absolute Gasteiger partial charge is 0.378 e. The van der Waals surface area contributed by atoms with Gasteiger partial charge in [0, 0.05) is 38.5 Å². The van der Waals surface area contributed by atoms with Gasteiger partial charge in [0.05, 0.1) is 30.8 Å². The van der Waals surface area contributed by atoms with Crippen LogP contribution in [0.4, 0.5) is 0 Å². The van der Waals surface area contributed by atoms with Gasteiger partial charge in [0.2, 0.25) is 10.0 Å². The van der Waals surface area contributed by atoms with Crippen molar-refractivity contribution in [2.45, 2.75) is 33.8 Å². The van der Waals surface area contributed by atoms with E-state index in [9.17, 15) is 16.8 Å². The molecule has 11 heteroatoms. The van der Waals surface area contributed by atoms with Crippen molar-refractivity contribution in [3.05, 3.63) is 0 Å². The molecule has 0 radical (unpaired) electrons. The third-order valence-electron chi connectivity index (χ3n) is 4.16. The van der Waals surface area contributed by atoms with E-state index < -0.39 is 19.9 Å². The van der Waals surface area contributed by atoms with Crippen LogP contribution in [0.1, 0.15) is 27.7 Å². The van der Waals surface area contributed by atoms with E-state index in [-0.39, 0.29) is 36.5 Å². The van der Waals surface area contributed by atoms with Crippen molar-refractivity contribution in [3.63, 3.8) is 0 Å². The van der Waals surface area contributed by atoms with E-state index in [4.69, 9.17) is 4.74 Å². The fourth-order valence-corrected chi connectivity index (χ4v) is 4.50. The molecule has 0 bridgehead atoms. The summed E-state index contributed by atoms with van der Waals surface area (Å²) < 4.78 is 54.8. The van der Waals surface area contributed by atoms with Crippen LogP contribution in [0.15, 0.2) is 4.99 Å². The molecule has 27 heavy (non-hydrogen) atoms. The summed E-state index contributed by atoms with van der Waals surface area (Å²) in [5.41, 5.74) is 0. The maximum absolute atomic E-state index is 12.4. The second-order valence-corrected chi connectivity index (χ2v) is 11.2. The standard InChI is InChI=1S/C16H34N4O5S2/c1-5-17-16(18-7-13-26(21,22)6-2)19-8-10-20(11-9-19)27(23,24)14-12-25-15(3)4/h15H,5-14H2,1-4H3,(H,17,18). The molecule has 0 aromatic heterocycles. The fraction of sp³-hybridized carbons (Fsp3) is 0.938. The molecule has 1 aliphatic heterocycles. The number of aliphatic imine (C=N–C) groups is 1. The van der Waals surface area contributed by atoms with E-state index in [0.717, 1.165) is 0 Å². The Morgan fingerprint density at radius 2 is 1.70 bits per heavy atom. The predicted molar refractivity (Wildman–Crippen MR) is 108 cm³/mol. The summed E-state index contributed by atoms with van der Waals surface area (Å²) in [6, 6.07) is 0. The lowest BCUT2D eigenvalue weighted by Gasteiger charge is -2.35. The molecular formula is C16H34N4O5S2. The number of nitrogens with one attached hydrogen (secondary N) is 1. The highest BCUT2D eigenvalue weighted by atomic mass is 32.2. The summed E-state index contributed by atoms with van der Waals surface area (Å²) in [7, 11) is -6.39. The first-order chi connectivity index (χ1) is 12.6. The van der Waals surface area contributed by atoms with E-state index in [0.29, 0.717) is 38.7 Å². The Morgan fingerprint density at radius 1 is 1.07 bits per heavy atom. The minimum absolute atomic E-state index is 0.00691. The average Bonchev–Trinajstić information content (AvgIpc) is 2.60. The van der Waals surface area contributed by atoms with E-state index >= 15 is 0 Å². The van der Waals surface area contributed by atoms with Crippen LogP contribution >= 0.6 is 0 Å². The summed E-state index contributed by atoms with van der Waals surface area (Å²) in [4.78, 5) is 6.36. The number of piperazine rings is 1. The van der Waals surface area contributed by atoms with E-state index in [2.05, 4.69) is 10.3 Å². The molecule has 9 nitrogen and oxygen atoms in total. The molecule has 1 N–H and O–H groups in total. The van der Waals surface area contributed by atoms with Crippen molar-refractivity contribution in [1.82, 2.24) is 14.5 Å². The Bertz CT molecular complexity index is 669. The van der Waals surface area contributed by atoms with Crippen molar-refractivity contribution in [2.75, 3.05) is 63.1 Å². The van der Waals surface area contributed by atoms with Gasteiger partial charge in [0.1, 0.15) is 0 Å². The summed E-state index contributed by atoms with van der Waals surface area (Å²) in [5, 5.41) is 3.15. The average molecular weight is 427 g/mol. The van der Waals surface area contributed by atoms with Gasteiger partial charge in [-0.1, -0.05) is 6.92 Å². The van der Waals surface area contributed by atoms with E-state index in [1.54, 1.807) is 6.92 Å². The van der Waals surface area contributed by atoms with Gasteiger partial charge >= 0.3 is 0 Å². The fourth-order valence-electron chi connectivity index (χ4n) is 2.56. The van der Waals surface area contributed by atoms with Crippen LogP contribution in [0.3, 0.4) is 0 Å². The molecule has 0 aliphatic carbocycles. The second kappa shape index (κ2) is 11.2. The maximum atomic E-state index is 12.4. The summed E-state index contributed by atoms with van der Waals surface area (Å²) in [5.74, 6) is 0.733. The van der Waals surface area contributed by atoms with Crippen LogP contribution in [-0.2, 0) is 24.6 Å². The number of sulfone groups is 1. The van der Waals surface area contributed by atoms with Crippen molar-refractivity contribution in [1.29, 1.82) is 0 Å². The molecule has 160 valence electrons. The third-order valence-corrected chi connectivity index (χ3v) is 7.68. The Labute approximate surface area is 164 Å². The van der Waals surface area contributed by atoms with Crippen LogP contribution in [0, 0.1) is 0 Å². The van der Waals surface area contributed by atoms with Crippen molar-refractivity contribution in [3.8, 4) is 0 Å². The highest BCUT2D eigenvalue weighted by molar-refractivity contribution is 7.91. The highest BCUT2D eigenvalue weighted by Crippen LogP contribution is 2.09. The monoisotopic (exact) mass is 426 g/mol. The molecule has 0 atom stereocenters. The lowest BCUT2D eigenvalue weighted by Crippen LogP contribution is -2.54. The van der Waals surface area contributed by atoms with E-state index in [1.165, 1.54) is 4.31 Å². The van der Waals surface area contributed by atoms with Crippen molar-refractivity contribution < 1.29 is 21.6 Å². The first-order valence-electron chi connectivity index (χ1n) is 9.44. The van der Waals surface area contributed by atoms with Gasteiger partial charge < -0.3 is 15.0 Å². The zero-order valence-corrected chi connectivity index (χ0v) is 18.5. The van der Waals surface area contributed by atoms with Crippen molar-refractivity contribution in [2.24, 2.45) is 4.99 Å². The number of ether oxygens (including phenoxy) is 1. The van der Waals surface area contributed by atoms with Gasteiger partial charge in [-0.25, -0.2) is 16.8 Å². The molecular weight excluding hydrogens is 392 g/mol. The molecule has 0 spiro atoms. The second-order valence-electron chi connectivity index (χ2n) is 6.59. The van der Waals surface area contributed by atoms with Crippen LogP contribution in [-0.4, -0.2) is 101 Å². The quantitative estimate of drug-likeness (QED) is 0.379. The van der Waals surface area contributed by atoms with E-state index in [1.807, 2.05) is 25.7 Å². The SMILES string of the molecule is CCNC(=NCCS(=O)(=O)CC)N1CCN(S(=O)(=O)CCOC(C)C)CC1. The number of nitrogens with zero attached hydrogens (tertiary/aromatic N) is 3. The number of sulfonamides is 1. The van der Waals surface area contributed by atoms with Gasteiger partial charge in [0.25, 0.3) is 0 Å². The molecule has 0 unspecified atom stereocenters. The predicted octanol–water partition coefficient (Wildman–Crippen LogP) is -0.241. The topological polar surface area (TPSA) is 108 Å². The van der Waals surface area contributed by atoms with Gasteiger partial charge in [-0.15, -0.1) is 0 Å². The summed E-state index contributed by atoms with van der Waals surface area (Å²) >= 11 is 0. The van der Waals surface area contributed by atoms with Gasteiger partial charge in [-0.05, 0) is 20.8 Å². The summed E-state index contributed by atoms with van der Waals surface area (Å²) in [6.07, 6.45) is 0.00691.